The van der Waals surface area contributed by atoms with Crippen LogP contribution in [-0.4, -0.2) is 38.0 Å². The van der Waals surface area contributed by atoms with Gasteiger partial charge in [-0.1, -0.05) is 11.6 Å². The molecule has 0 aromatic heterocycles. The summed E-state index contributed by atoms with van der Waals surface area (Å²) in [5, 5.41) is 3.36. The summed E-state index contributed by atoms with van der Waals surface area (Å²) in [6, 6.07) is 6.95. The van der Waals surface area contributed by atoms with Gasteiger partial charge in [0.25, 0.3) is 0 Å². The van der Waals surface area contributed by atoms with Crippen LogP contribution in [0.3, 0.4) is 0 Å². The zero-order valence-corrected chi connectivity index (χ0v) is 13.6. The molecular weight excluding hydrogens is 320 g/mol. The third kappa shape index (κ3) is 4.69. The minimum atomic E-state index is -0.378. The van der Waals surface area contributed by atoms with E-state index in [0.29, 0.717) is 24.5 Å². The molecule has 7 heteroatoms. The second kappa shape index (κ2) is 7.97. The highest BCUT2D eigenvalue weighted by atomic mass is 35.5. The SMILES string of the molecule is COC(=O)CCCNC(=O)C1CC(=O)N(c2ccc(Cl)cc2)C1. The molecule has 0 saturated carbocycles. The van der Waals surface area contributed by atoms with Crippen molar-refractivity contribution in [1.29, 1.82) is 0 Å². The molecule has 1 aliphatic heterocycles. The molecule has 0 bridgehead atoms. The van der Waals surface area contributed by atoms with Gasteiger partial charge in [0.05, 0.1) is 13.0 Å². The zero-order chi connectivity index (χ0) is 16.8. The molecule has 0 spiro atoms. The van der Waals surface area contributed by atoms with Gasteiger partial charge in [0.1, 0.15) is 0 Å². The lowest BCUT2D eigenvalue weighted by molar-refractivity contribution is -0.140. The Morgan fingerprint density at radius 3 is 2.70 bits per heavy atom. The lowest BCUT2D eigenvalue weighted by atomic mass is 10.1. The normalized spacial score (nSPS) is 17.2. The van der Waals surface area contributed by atoms with Crippen molar-refractivity contribution in [3.63, 3.8) is 0 Å². The summed E-state index contributed by atoms with van der Waals surface area (Å²) in [5.74, 6) is -0.928. The van der Waals surface area contributed by atoms with E-state index in [-0.39, 0.29) is 36.5 Å². The van der Waals surface area contributed by atoms with Crippen LogP contribution >= 0.6 is 11.6 Å². The molecule has 1 heterocycles. The van der Waals surface area contributed by atoms with Gasteiger partial charge < -0.3 is 15.0 Å². The van der Waals surface area contributed by atoms with Gasteiger partial charge in [0.2, 0.25) is 11.8 Å². The summed E-state index contributed by atoms with van der Waals surface area (Å²) < 4.78 is 4.53. The lowest BCUT2D eigenvalue weighted by Gasteiger charge is -2.16. The molecule has 23 heavy (non-hydrogen) atoms. The molecule has 124 valence electrons. The monoisotopic (exact) mass is 338 g/mol. The van der Waals surface area contributed by atoms with Crippen molar-refractivity contribution in [2.75, 3.05) is 25.1 Å². The molecule has 2 rings (SSSR count). The summed E-state index contributed by atoms with van der Waals surface area (Å²) >= 11 is 5.84. The van der Waals surface area contributed by atoms with Gasteiger partial charge in [0, 0.05) is 36.6 Å². The predicted molar refractivity (Wildman–Crippen MR) is 86.2 cm³/mol. The molecule has 1 saturated heterocycles. The van der Waals surface area contributed by atoms with Gasteiger partial charge in [0.15, 0.2) is 0 Å². The summed E-state index contributed by atoms with van der Waals surface area (Å²) in [7, 11) is 1.33. The number of hydrogen-bond donors (Lipinski definition) is 1. The highest BCUT2D eigenvalue weighted by molar-refractivity contribution is 6.30. The summed E-state index contributed by atoms with van der Waals surface area (Å²) in [5.41, 5.74) is 0.736. The van der Waals surface area contributed by atoms with Crippen LogP contribution in [0.25, 0.3) is 0 Å². The summed E-state index contributed by atoms with van der Waals surface area (Å²) in [6.45, 7) is 0.739. The van der Waals surface area contributed by atoms with Gasteiger partial charge in [-0.15, -0.1) is 0 Å². The lowest BCUT2D eigenvalue weighted by Crippen LogP contribution is -2.33. The Kier molecular flexibility index (Phi) is 5.98. The molecule has 0 aliphatic carbocycles. The van der Waals surface area contributed by atoms with E-state index in [1.54, 1.807) is 29.2 Å². The smallest absolute Gasteiger partial charge is 0.305 e. The van der Waals surface area contributed by atoms with Crippen LogP contribution < -0.4 is 10.2 Å². The van der Waals surface area contributed by atoms with Crippen LogP contribution in [0.4, 0.5) is 5.69 Å². The van der Waals surface area contributed by atoms with E-state index < -0.39 is 0 Å². The molecule has 2 amide bonds. The van der Waals surface area contributed by atoms with Gasteiger partial charge in [-0.25, -0.2) is 0 Å². The average Bonchev–Trinajstić information content (AvgIpc) is 2.93. The molecule has 1 aromatic carbocycles. The first kappa shape index (κ1) is 17.3. The summed E-state index contributed by atoms with van der Waals surface area (Å²) in [6.07, 6.45) is 0.961. The topological polar surface area (TPSA) is 75.7 Å². The standard InChI is InChI=1S/C16H19ClN2O4/c1-23-15(21)3-2-8-18-16(22)11-9-14(20)19(10-11)13-6-4-12(17)5-7-13/h4-7,11H,2-3,8-10H2,1H3,(H,18,22). The maximum Gasteiger partial charge on any atom is 0.305 e. The van der Waals surface area contributed by atoms with Crippen molar-refractivity contribution in [2.24, 2.45) is 5.92 Å². The minimum Gasteiger partial charge on any atom is -0.469 e. The van der Waals surface area contributed by atoms with E-state index in [1.807, 2.05) is 0 Å². The number of amides is 2. The van der Waals surface area contributed by atoms with Gasteiger partial charge in [-0.3, -0.25) is 14.4 Å². The quantitative estimate of drug-likeness (QED) is 0.633. The van der Waals surface area contributed by atoms with E-state index in [0.717, 1.165) is 5.69 Å². The van der Waals surface area contributed by atoms with Gasteiger partial charge >= 0.3 is 5.97 Å². The molecular formula is C16H19ClN2O4. The first-order valence-corrected chi connectivity index (χ1v) is 7.79. The van der Waals surface area contributed by atoms with Crippen molar-refractivity contribution in [3.8, 4) is 0 Å². The molecule has 1 aromatic rings. The van der Waals surface area contributed by atoms with E-state index in [9.17, 15) is 14.4 Å². The first-order valence-electron chi connectivity index (χ1n) is 7.41. The minimum absolute atomic E-state index is 0.0815. The van der Waals surface area contributed by atoms with E-state index >= 15 is 0 Å². The van der Waals surface area contributed by atoms with Crippen LogP contribution in [0.15, 0.2) is 24.3 Å². The zero-order valence-electron chi connectivity index (χ0n) is 12.9. The number of carbonyl (C=O) groups excluding carboxylic acids is 3. The van der Waals surface area contributed by atoms with E-state index in [1.165, 1.54) is 7.11 Å². The fourth-order valence-corrected chi connectivity index (χ4v) is 2.57. The van der Waals surface area contributed by atoms with Crippen molar-refractivity contribution in [1.82, 2.24) is 5.32 Å². The van der Waals surface area contributed by atoms with Crippen molar-refractivity contribution >= 4 is 35.1 Å². The number of nitrogens with one attached hydrogen (secondary N) is 1. The predicted octanol–water partition coefficient (Wildman–Crippen LogP) is 1.76. The Morgan fingerprint density at radius 1 is 1.35 bits per heavy atom. The Labute approximate surface area is 139 Å². The van der Waals surface area contributed by atoms with Gasteiger partial charge in [-0.05, 0) is 30.7 Å². The number of anilines is 1. The number of halogens is 1. The molecule has 1 atom stereocenters. The van der Waals surface area contributed by atoms with Crippen molar-refractivity contribution < 1.29 is 19.1 Å². The van der Waals surface area contributed by atoms with E-state index in [4.69, 9.17) is 11.6 Å². The largest absolute Gasteiger partial charge is 0.469 e. The number of carbonyl (C=O) groups is 3. The Morgan fingerprint density at radius 2 is 2.04 bits per heavy atom. The fourth-order valence-electron chi connectivity index (χ4n) is 2.44. The maximum absolute atomic E-state index is 12.1. The highest BCUT2D eigenvalue weighted by Gasteiger charge is 2.34. The highest BCUT2D eigenvalue weighted by Crippen LogP contribution is 2.26. The number of rotatable bonds is 6. The Balaban J connectivity index is 1.83. The number of nitrogens with zero attached hydrogens (tertiary/aromatic N) is 1. The first-order chi connectivity index (χ1) is 11.0. The number of esters is 1. The second-order valence-electron chi connectivity index (χ2n) is 5.35. The van der Waals surface area contributed by atoms with Crippen LogP contribution in [0.1, 0.15) is 19.3 Å². The van der Waals surface area contributed by atoms with E-state index in [2.05, 4.69) is 10.1 Å². The number of ether oxygens (including phenoxy) is 1. The third-order valence-corrected chi connectivity index (χ3v) is 3.97. The number of hydrogen-bond acceptors (Lipinski definition) is 4. The maximum atomic E-state index is 12.1. The van der Waals surface area contributed by atoms with Crippen molar-refractivity contribution in [3.05, 3.63) is 29.3 Å². The average molecular weight is 339 g/mol. The molecule has 6 nitrogen and oxygen atoms in total. The number of benzene rings is 1. The second-order valence-corrected chi connectivity index (χ2v) is 5.79. The van der Waals surface area contributed by atoms with Gasteiger partial charge in [-0.2, -0.15) is 0 Å². The van der Waals surface area contributed by atoms with Crippen LogP contribution in [0.5, 0.6) is 0 Å². The summed E-state index contributed by atoms with van der Waals surface area (Å²) in [4.78, 5) is 36.8. The fraction of sp³-hybridized carbons (Fsp3) is 0.438. The molecule has 1 N–H and O–H groups in total. The Bertz CT molecular complexity index is 588. The molecule has 0 radical (unpaired) electrons. The molecule has 1 aliphatic rings. The third-order valence-electron chi connectivity index (χ3n) is 3.72. The van der Waals surface area contributed by atoms with Crippen molar-refractivity contribution in [2.45, 2.75) is 19.3 Å². The van der Waals surface area contributed by atoms with Crippen LogP contribution in [0, 0.1) is 5.92 Å². The van der Waals surface area contributed by atoms with Crippen LogP contribution in [0.2, 0.25) is 5.02 Å². The van der Waals surface area contributed by atoms with Crippen LogP contribution in [-0.2, 0) is 19.1 Å². The molecule has 1 fully saturated rings. The Hall–Kier alpha value is -2.08. The molecule has 1 unspecified atom stereocenters. The number of methoxy groups -OCH3 is 1.